The lowest BCUT2D eigenvalue weighted by atomic mass is 10.3. The van der Waals surface area contributed by atoms with E-state index < -0.39 is 20.6 Å². The van der Waals surface area contributed by atoms with Crippen molar-refractivity contribution in [2.45, 2.75) is 22.5 Å². The van der Waals surface area contributed by atoms with Crippen molar-refractivity contribution >= 4 is 33.2 Å². The zero-order valence-corrected chi connectivity index (χ0v) is 13.4. The molecule has 0 bridgehead atoms. The Morgan fingerprint density at radius 1 is 1.43 bits per heavy atom. The third kappa shape index (κ3) is 3.30. The monoisotopic (exact) mass is 331 g/mol. The zero-order chi connectivity index (χ0) is 15.7. The van der Waals surface area contributed by atoms with E-state index in [0.717, 1.165) is 12.8 Å². The van der Waals surface area contributed by atoms with Crippen molar-refractivity contribution in [2.75, 3.05) is 25.2 Å². The summed E-state index contributed by atoms with van der Waals surface area (Å²) in [7, 11) is -2.40. The van der Waals surface area contributed by atoms with Gasteiger partial charge in [-0.25, -0.2) is 13.1 Å². The van der Waals surface area contributed by atoms with Crippen LogP contribution < -0.4 is 10.0 Å². The summed E-state index contributed by atoms with van der Waals surface area (Å²) in [5, 5.41) is 13.8. The molecular formula is C12H17N3O4S2. The van der Waals surface area contributed by atoms with Gasteiger partial charge in [-0.2, -0.15) is 11.8 Å². The average Bonchev–Trinajstić information content (AvgIpc) is 3.25. The van der Waals surface area contributed by atoms with Crippen molar-refractivity contribution < 1.29 is 13.3 Å². The van der Waals surface area contributed by atoms with Crippen molar-refractivity contribution in [2.24, 2.45) is 0 Å². The number of nitro groups is 1. The lowest BCUT2D eigenvalue weighted by Crippen LogP contribution is -2.32. The summed E-state index contributed by atoms with van der Waals surface area (Å²) in [6.45, 7) is 0.289. The van der Waals surface area contributed by atoms with Crippen LogP contribution in [0.1, 0.15) is 12.8 Å². The fourth-order valence-electron chi connectivity index (χ4n) is 2.03. The van der Waals surface area contributed by atoms with Gasteiger partial charge >= 0.3 is 5.69 Å². The minimum absolute atomic E-state index is 0.0531. The van der Waals surface area contributed by atoms with Gasteiger partial charge in [0.15, 0.2) is 4.90 Å². The Balaban J connectivity index is 2.33. The van der Waals surface area contributed by atoms with Gasteiger partial charge in [-0.05, 0) is 31.2 Å². The second-order valence-electron chi connectivity index (χ2n) is 4.87. The highest BCUT2D eigenvalue weighted by atomic mass is 32.2. The summed E-state index contributed by atoms with van der Waals surface area (Å²) in [5.41, 5.74) is -0.254. The SMILES string of the molecule is CNc1cccc(S(=O)(=O)NCC2(SC)CC2)c1[N+](=O)[O-]. The van der Waals surface area contributed by atoms with Gasteiger partial charge < -0.3 is 5.32 Å². The number of hydrogen-bond acceptors (Lipinski definition) is 6. The summed E-state index contributed by atoms with van der Waals surface area (Å²) < 4.78 is 27.2. The van der Waals surface area contributed by atoms with E-state index in [4.69, 9.17) is 0 Å². The van der Waals surface area contributed by atoms with Gasteiger partial charge in [-0.1, -0.05) is 6.07 Å². The molecule has 0 heterocycles. The Hall–Kier alpha value is -1.32. The van der Waals surface area contributed by atoms with Crippen LogP contribution in [0, 0.1) is 10.1 Å². The molecule has 0 radical (unpaired) electrons. The predicted molar refractivity (Wildman–Crippen MR) is 83.3 cm³/mol. The normalized spacial score (nSPS) is 16.5. The molecule has 0 saturated heterocycles. The Bertz CT molecular complexity index is 656. The number of rotatable bonds is 7. The minimum Gasteiger partial charge on any atom is -0.383 e. The van der Waals surface area contributed by atoms with E-state index in [2.05, 4.69) is 10.0 Å². The number of hydrogen-bond donors (Lipinski definition) is 2. The number of benzene rings is 1. The molecule has 1 aromatic rings. The lowest BCUT2D eigenvalue weighted by molar-refractivity contribution is -0.386. The van der Waals surface area contributed by atoms with E-state index in [-0.39, 0.29) is 21.9 Å². The van der Waals surface area contributed by atoms with E-state index in [1.165, 1.54) is 25.2 Å². The molecule has 1 fully saturated rings. The number of sulfonamides is 1. The molecule has 0 aromatic heterocycles. The van der Waals surface area contributed by atoms with Crippen LogP contribution in [0.25, 0.3) is 0 Å². The van der Waals surface area contributed by atoms with Gasteiger partial charge in [0.2, 0.25) is 10.0 Å². The summed E-state index contributed by atoms with van der Waals surface area (Å²) >= 11 is 1.62. The van der Waals surface area contributed by atoms with Crippen LogP contribution in [-0.2, 0) is 10.0 Å². The maximum Gasteiger partial charge on any atom is 0.312 e. The molecule has 0 unspecified atom stereocenters. The number of nitro benzene ring substituents is 1. The highest BCUT2D eigenvalue weighted by Crippen LogP contribution is 2.46. The van der Waals surface area contributed by atoms with E-state index >= 15 is 0 Å². The molecule has 9 heteroatoms. The third-order valence-corrected chi connectivity index (χ3v) is 6.42. The highest BCUT2D eigenvalue weighted by Gasteiger charge is 2.43. The van der Waals surface area contributed by atoms with Gasteiger partial charge in [-0.15, -0.1) is 0 Å². The van der Waals surface area contributed by atoms with Crippen LogP contribution in [0.15, 0.2) is 23.1 Å². The highest BCUT2D eigenvalue weighted by molar-refractivity contribution is 8.00. The first-order valence-electron chi connectivity index (χ1n) is 6.35. The molecule has 0 aliphatic heterocycles. The van der Waals surface area contributed by atoms with Crippen LogP contribution >= 0.6 is 11.8 Å². The quantitative estimate of drug-likeness (QED) is 0.584. The third-order valence-electron chi connectivity index (χ3n) is 3.57. The Labute approximate surface area is 127 Å². The van der Waals surface area contributed by atoms with Crippen LogP contribution in [-0.4, -0.2) is 37.9 Å². The summed E-state index contributed by atoms with van der Waals surface area (Å²) in [6, 6.07) is 4.20. The molecule has 0 atom stereocenters. The Morgan fingerprint density at radius 3 is 2.57 bits per heavy atom. The predicted octanol–water partition coefficient (Wildman–Crippen LogP) is 1.81. The molecule has 1 aromatic carbocycles. The van der Waals surface area contributed by atoms with Crippen LogP contribution in [0.3, 0.4) is 0 Å². The van der Waals surface area contributed by atoms with Crippen molar-refractivity contribution in [3.8, 4) is 0 Å². The van der Waals surface area contributed by atoms with Gasteiger partial charge in [0, 0.05) is 18.3 Å². The number of anilines is 1. The van der Waals surface area contributed by atoms with Crippen LogP contribution in [0.4, 0.5) is 11.4 Å². The van der Waals surface area contributed by atoms with Crippen molar-refractivity contribution in [1.82, 2.24) is 4.72 Å². The van der Waals surface area contributed by atoms with Crippen LogP contribution in [0.2, 0.25) is 0 Å². The fraction of sp³-hybridized carbons (Fsp3) is 0.500. The second kappa shape index (κ2) is 5.82. The smallest absolute Gasteiger partial charge is 0.312 e. The van der Waals surface area contributed by atoms with Crippen molar-refractivity contribution in [1.29, 1.82) is 0 Å². The zero-order valence-electron chi connectivity index (χ0n) is 11.8. The maximum absolute atomic E-state index is 12.4. The van der Waals surface area contributed by atoms with Crippen molar-refractivity contribution in [3.05, 3.63) is 28.3 Å². The first kappa shape index (κ1) is 16.1. The molecule has 21 heavy (non-hydrogen) atoms. The molecular weight excluding hydrogens is 314 g/mol. The van der Waals surface area contributed by atoms with E-state index in [1.807, 2.05) is 6.26 Å². The van der Waals surface area contributed by atoms with Gasteiger partial charge in [-0.3, -0.25) is 10.1 Å². The molecule has 1 aliphatic rings. The van der Waals surface area contributed by atoms with E-state index in [1.54, 1.807) is 11.8 Å². The van der Waals surface area contributed by atoms with Gasteiger partial charge in [0.05, 0.1) is 4.92 Å². The topological polar surface area (TPSA) is 101 Å². The Morgan fingerprint density at radius 2 is 2.10 bits per heavy atom. The first-order chi connectivity index (χ1) is 9.85. The molecule has 1 aliphatic carbocycles. The lowest BCUT2D eigenvalue weighted by Gasteiger charge is -2.14. The summed E-state index contributed by atoms with van der Waals surface area (Å²) in [4.78, 5) is 10.2. The van der Waals surface area contributed by atoms with E-state index in [0.29, 0.717) is 0 Å². The number of thioether (sulfide) groups is 1. The standard InChI is InChI=1S/C12H17N3O4S2/c1-13-9-4-3-5-10(11(9)15(16)17)21(18,19)14-8-12(20-2)6-7-12/h3-5,13-14H,6-8H2,1-2H3. The second-order valence-corrected chi connectivity index (χ2v) is 7.88. The van der Waals surface area contributed by atoms with Gasteiger partial charge in [0.25, 0.3) is 0 Å². The minimum atomic E-state index is -3.92. The van der Waals surface area contributed by atoms with Crippen molar-refractivity contribution in [3.63, 3.8) is 0 Å². The van der Waals surface area contributed by atoms with Gasteiger partial charge in [0.1, 0.15) is 5.69 Å². The molecule has 2 N–H and O–H groups in total. The molecule has 2 rings (SSSR count). The molecule has 1 saturated carbocycles. The fourth-order valence-corrected chi connectivity index (χ4v) is 4.16. The largest absolute Gasteiger partial charge is 0.383 e. The number of nitrogens with zero attached hydrogens (tertiary/aromatic N) is 1. The molecule has 7 nitrogen and oxygen atoms in total. The average molecular weight is 331 g/mol. The Kier molecular flexibility index (Phi) is 4.45. The summed E-state index contributed by atoms with van der Waals surface area (Å²) in [5.74, 6) is 0. The first-order valence-corrected chi connectivity index (χ1v) is 9.06. The van der Waals surface area contributed by atoms with E-state index in [9.17, 15) is 18.5 Å². The number of nitrogens with one attached hydrogen (secondary N) is 2. The maximum atomic E-state index is 12.4. The molecule has 0 amide bonds. The number of para-hydroxylation sites is 1. The molecule has 116 valence electrons. The molecule has 0 spiro atoms. The van der Waals surface area contributed by atoms with Crippen LogP contribution in [0.5, 0.6) is 0 Å². The summed E-state index contributed by atoms with van der Waals surface area (Å²) in [6.07, 6.45) is 3.84.